The van der Waals surface area contributed by atoms with Gasteiger partial charge in [0, 0.05) is 25.2 Å². The number of hydrogen-bond donors (Lipinski definition) is 1. The molecule has 0 radical (unpaired) electrons. The molecule has 12 nitrogen and oxygen atoms in total. The summed E-state index contributed by atoms with van der Waals surface area (Å²) in [6.45, 7) is 5.51. The maximum Gasteiger partial charge on any atom is 0.534 e. The summed E-state index contributed by atoms with van der Waals surface area (Å²) in [6.07, 6.45) is 1.71. The highest BCUT2D eigenvalue weighted by atomic mass is 32.2. The van der Waals surface area contributed by atoms with Gasteiger partial charge in [-0.15, -0.1) is 0 Å². The van der Waals surface area contributed by atoms with Crippen LogP contribution in [0.15, 0.2) is 103 Å². The molecule has 4 aromatic carbocycles. The number of carbonyl (C=O) groups excluding carboxylic acids is 1. The van der Waals surface area contributed by atoms with Crippen LogP contribution in [0.3, 0.4) is 0 Å². The van der Waals surface area contributed by atoms with Gasteiger partial charge in [0.25, 0.3) is 0 Å². The molecule has 17 heteroatoms. The van der Waals surface area contributed by atoms with E-state index in [1.54, 1.807) is 39.0 Å². The average molecular weight is 863 g/mol. The third kappa shape index (κ3) is 13.1. The summed E-state index contributed by atoms with van der Waals surface area (Å²) in [7, 11) is -10.0. The number of nitrogens with zero attached hydrogens (tertiary/aromatic N) is 2. The van der Waals surface area contributed by atoms with E-state index in [0.717, 1.165) is 48.6 Å². The number of alkyl halides is 3. The zero-order chi connectivity index (χ0) is 43.0. The van der Waals surface area contributed by atoms with Gasteiger partial charge in [-0.25, -0.2) is 13.2 Å². The fourth-order valence-corrected chi connectivity index (χ4v) is 8.01. The molecule has 59 heavy (non-hydrogen) atoms. The molecule has 0 aliphatic heterocycles. The van der Waals surface area contributed by atoms with Crippen molar-refractivity contribution in [3.63, 3.8) is 0 Å². The highest BCUT2D eigenvalue weighted by Gasteiger charge is 2.48. The molecule has 1 aliphatic carbocycles. The summed E-state index contributed by atoms with van der Waals surface area (Å²) in [5.41, 5.74) is -3.98. The lowest BCUT2D eigenvalue weighted by Crippen LogP contribution is -2.43. The van der Waals surface area contributed by atoms with Crippen molar-refractivity contribution < 1.29 is 58.3 Å². The van der Waals surface area contributed by atoms with E-state index in [0.29, 0.717) is 10.8 Å². The fourth-order valence-electron chi connectivity index (χ4n) is 6.74. The minimum absolute atomic E-state index is 0.0606. The smallest absolute Gasteiger partial charge is 0.491 e. The molecule has 4 aromatic rings. The van der Waals surface area contributed by atoms with Gasteiger partial charge in [0.2, 0.25) is 10.0 Å². The van der Waals surface area contributed by atoms with Crippen molar-refractivity contribution >= 4 is 31.9 Å². The van der Waals surface area contributed by atoms with Gasteiger partial charge in [0.05, 0.1) is 6.26 Å². The topological polar surface area (TPSA) is 149 Å². The first-order chi connectivity index (χ1) is 27.7. The molecular formula is C42H49F3N2O10S2. The maximum absolute atomic E-state index is 13.3. The average Bonchev–Trinajstić information content (AvgIpc) is 3.16. The van der Waals surface area contributed by atoms with Gasteiger partial charge >= 0.3 is 21.7 Å². The molecule has 1 aliphatic rings. The van der Waals surface area contributed by atoms with Crippen molar-refractivity contribution in [1.29, 1.82) is 0 Å². The minimum Gasteiger partial charge on any atom is -0.491 e. The van der Waals surface area contributed by atoms with Gasteiger partial charge in [-0.3, -0.25) is 4.90 Å². The second-order valence-electron chi connectivity index (χ2n) is 15.3. The van der Waals surface area contributed by atoms with Crippen LogP contribution in [0.5, 0.6) is 17.2 Å². The van der Waals surface area contributed by atoms with Gasteiger partial charge < -0.3 is 23.5 Å². The SMILES string of the molecule is CC(C)(C)OC(=O)N(c1cc(OC[C@@H](O)CN(Cc2ccccc2)C2CCC(c3ccc(OS(=O)(=O)C(F)(F)F)cc3)CC2)ccc1OCc1ccccc1)S(C)(=O)=O. The number of halogens is 3. The van der Waals surface area contributed by atoms with Crippen LogP contribution in [-0.4, -0.2) is 75.6 Å². The van der Waals surface area contributed by atoms with Crippen LogP contribution in [0.1, 0.15) is 69.1 Å². The molecular weight excluding hydrogens is 814 g/mol. The lowest BCUT2D eigenvalue weighted by molar-refractivity contribution is -0.0500. The highest BCUT2D eigenvalue weighted by Crippen LogP contribution is 2.38. The van der Waals surface area contributed by atoms with Crippen LogP contribution in [0.2, 0.25) is 0 Å². The number of benzene rings is 4. The van der Waals surface area contributed by atoms with Crippen molar-refractivity contribution in [2.45, 2.75) is 88.8 Å². The Morgan fingerprint density at radius 2 is 1.37 bits per heavy atom. The van der Waals surface area contributed by atoms with Crippen molar-refractivity contribution in [2.24, 2.45) is 0 Å². The van der Waals surface area contributed by atoms with E-state index in [1.165, 1.54) is 24.3 Å². The number of sulfonamides is 1. The first-order valence-electron chi connectivity index (χ1n) is 18.9. The molecule has 1 N–H and O–H groups in total. The number of hydrogen-bond acceptors (Lipinski definition) is 11. The molecule has 0 unspecified atom stereocenters. The number of carbonyl (C=O) groups is 1. The normalized spacial score (nSPS) is 16.9. The lowest BCUT2D eigenvalue weighted by Gasteiger charge is -2.38. The molecule has 320 valence electrons. The molecule has 5 rings (SSSR count). The van der Waals surface area contributed by atoms with E-state index in [9.17, 15) is 39.9 Å². The van der Waals surface area contributed by atoms with Crippen LogP contribution >= 0.6 is 0 Å². The predicted octanol–water partition coefficient (Wildman–Crippen LogP) is 8.16. The second-order valence-corrected chi connectivity index (χ2v) is 18.7. The second kappa shape index (κ2) is 19.0. The van der Waals surface area contributed by atoms with Gasteiger partial charge in [0.15, 0.2) is 0 Å². The summed E-state index contributed by atoms with van der Waals surface area (Å²) in [5.74, 6) is -0.0936. The zero-order valence-electron chi connectivity index (χ0n) is 33.2. The van der Waals surface area contributed by atoms with Gasteiger partial charge in [-0.05, 0) is 93.3 Å². The predicted molar refractivity (Wildman–Crippen MR) is 216 cm³/mol. The summed E-state index contributed by atoms with van der Waals surface area (Å²) in [6, 6.07) is 29.0. The Balaban J connectivity index is 1.29. The van der Waals surface area contributed by atoms with Crippen LogP contribution in [0.25, 0.3) is 0 Å². The van der Waals surface area contributed by atoms with Gasteiger partial charge in [-0.2, -0.15) is 25.9 Å². The van der Waals surface area contributed by atoms with Crippen molar-refractivity contribution in [3.05, 3.63) is 120 Å². The standard InChI is InChI=1S/C42H49F3N2O10S2/c1-41(2,3)56-40(49)47(58(4,50)51)38-25-37(23-24-39(38)55-28-31-13-9-6-10-14-31)54-29-35(48)27-46(26-30-11-7-5-8-12-30)34-19-15-32(16-20-34)33-17-21-36(22-18-33)57-59(52,53)42(43,44)45/h5-14,17-18,21-25,32,34-35,48H,15-16,19-20,26-29H2,1-4H3/t32?,34?,35-/m0/s1. The Hall–Kier alpha value is -4.84. The van der Waals surface area contributed by atoms with E-state index < -0.39 is 49.2 Å². The summed E-state index contributed by atoms with van der Waals surface area (Å²) < 4.78 is 110. The first kappa shape index (κ1) is 45.2. The van der Waals surface area contributed by atoms with Crippen LogP contribution in [-0.2, 0) is 38.0 Å². The summed E-state index contributed by atoms with van der Waals surface area (Å²) in [5, 5.41) is 11.4. The molecule has 0 saturated heterocycles. The molecule has 1 fully saturated rings. The fraction of sp³-hybridized carbons (Fsp3) is 0.405. The minimum atomic E-state index is -5.77. The highest BCUT2D eigenvalue weighted by molar-refractivity contribution is 7.92. The van der Waals surface area contributed by atoms with Gasteiger partial charge in [-0.1, -0.05) is 72.8 Å². The Morgan fingerprint density at radius 3 is 1.93 bits per heavy atom. The van der Waals surface area contributed by atoms with Crippen LogP contribution in [0, 0.1) is 0 Å². The maximum atomic E-state index is 13.3. The third-order valence-electron chi connectivity index (χ3n) is 9.45. The number of ether oxygens (including phenoxy) is 3. The van der Waals surface area contributed by atoms with E-state index in [2.05, 4.69) is 9.08 Å². The lowest BCUT2D eigenvalue weighted by atomic mass is 9.81. The number of rotatable bonds is 16. The molecule has 1 amide bonds. The Labute approximate surface area is 343 Å². The van der Waals surface area contributed by atoms with Crippen molar-refractivity contribution in [1.82, 2.24) is 4.90 Å². The Kier molecular flexibility index (Phi) is 14.6. The van der Waals surface area contributed by atoms with Crippen molar-refractivity contribution in [2.75, 3.05) is 23.7 Å². The summed E-state index contributed by atoms with van der Waals surface area (Å²) >= 11 is 0. The zero-order valence-corrected chi connectivity index (χ0v) is 34.8. The number of aliphatic hydroxyl groups excluding tert-OH is 1. The van der Waals surface area contributed by atoms with E-state index in [4.69, 9.17) is 14.2 Å². The van der Waals surface area contributed by atoms with Crippen LogP contribution in [0.4, 0.5) is 23.7 Å². The molecule has 1 atom stereocenters. The number of aliphatic hydroxyl groups is 1. The monoisotopic (exact) mass is 862 g/mol. The number of anilines is 1. The van der Waals surface area contributed by atoms with E-state index in [-0.39, 0.29) is 48.9 Å². The third-order valence-corrected chi connectivity index (χ3v) is 11.4. The quantitative estimate of drug-likeness (QED) is 0.0859. The first-order valence-corrected chi connectivity index (χ1v) is 22.2. The Bertz CT molecular complexity index is 2210. The molecule has 1 saturated carbocycles. The molecule has 0 bridgehead atoms. The molecule has 0 aromatic heterocycles. The number of amides is 1. The van der Waals surface area contributed by atoms with Crippen LogP contribution < -0.4 is 18.0 Å². The molecule has 0 spiro atoms. The largest absolute Gasteiger partial charge is 0.534 e. The summed E-state index contributed by atoms with van der Waals surface area (Å²) in [4.78, 5) is 15.5. The van der Waals surface area contributed by atoms with E-state index >= 15 is 0 Å². The van der Waals surface area contributed by atoms with E-state index in [1.807, 2.05) is 60.7 Å². The Morgan fingerprint density at radius 1 is 0.797 bits per heavy atom. The van der Waals surface area contributed by atoms with Gasteiger partial charge in [0.1, 0.15) is 47.9 Å². The molecule has 0 heterocycles. The van der Waals surface area contributed by atoms with Crippen molar-refractivity contribution in [3.8, 4) is 17.2 Å².